The maximum absolute atomic E-state index is 13.0. The predicted molar refractivity (Wildman–Crippen MR) is 123 cm³/mol. The van der Waals surface area contributed by atoms with Crippen molar-refractivity contribution in [3.63, 3.8) is 0 Å². The van der Waals surface area contributed by atoms with Gasteiger partial charge in [0.1, 0.15) is 11.5 Å². The highest BCUT2D eigenvalue weighted by Crippen LogP contribution is 2.39. The Morgan fingerprint density at radius 2 is 1.91 bits per heavy atom. The number of aliphatic hydroxyl groups excluding tert-OH is 1. The minimum absolute atomic E-state index is 0.0942. The summed E-state index contributed by atoms with van der Waals surface area (Å²) < 4.78 is 5.75. The van der Waals surface area contributed by atoms with Crippen molar-refractivity contribution >= 4 is 17.4 Å². The van der Waals surface area contributed by atoms with Crippen LogP contribution in [0.15, 0.2) is 54.4 Å². The molecule has 1 fully saturated rings. The number of aliphatic hydroxyl groups is 1. The molecule has 7 nitrogen and oxygen atoms in total. The smallest absolute Gasteiger partial charge is 0.295 e. The molecule has 1 aromatic heterocycles. The molecule has 170 valence electrons. The van der Waals surface area contributed by atoms with E-state index in [-0.39, 0.29) is 11.3 Å². The van der Waals surface area contributed by atoms with Gasteiger partial charge in [0.15, 0.2) is 0 Å². The summed E-state index contributed by atoms with van der Waals surface area (Å²) in [6.07, 6.45) is 5.90. The van der Waals surface area contributed by atoms with Gasteiger partial charge in [0.25, 0.3) is 11.7 Å². The first kappa shape index (κ1) is 23.5. The fraction of sp³-hybridized carbons (Fsp3) is 0.400. The van der Waals surface area contributed by atoms with Crippen LogP contribution < -0.4 is 4.74 Å². The molecule has 0 saturated carbocycles. The fourth-order valence-corrected chi connectivity index (χ4v) is 3.78. The van der Waals surface area contributed by atoms with E-state index < -0.39 is 17.7 Å². The largest absolute Gasteiger partial charge is 0.507 e. The number of amides is 1. The number of carbonyl (C=O) groups excluding carboxylic acids is 2. The van der Waals surface area contributed by atoms with Gasteiger partial charge in [0.2, 0.25) is 0 Å². The van der Waals surface area contributed by atoms with Gasteiger partial charge >= 0.3 is 0 Å². The summed E-state index contributed by atoms with van der Waals surface area (Å²) in [6.45, 7) is 3.85. The highest BCUT2D eigenvalue weighted by Gasteiger charge is 2.45. The summed E-state index contributed by atoms with van der Waals surface area (Å²) in [5.74, 6) is -0.849. The van der Waals surface area contributed by atoms with E-state index >= 15 is 0 Å². The molecule has 1 unspecified atom stereocenters. The van der Waals surface area contributed by atoms with Crippen LogP contribution in [0.3, 0.4) is 0 Å². The molecule has 1 atom stereocenters. The van der Waals surface area contributed by atoms with E-state index in [0.29, 0.717) is 30.9 Å². The Labute approximate surface area is 189 Å². The van der Waals surface area contributed by atoms with Crippen LogP contribution in [0.1, 0.15) is 43.4 Å². The van der Waals surface area contributed by atoms with Crippen LogP contribution in [-0.4, -0.2) is 65.4 Å². The van der Waals surface area contributed by atoms with Crippen LogP contribution in [0.5, 0.6) is 5.75 Å². The molecule has 1 saturated heterocycles. The van der Waals surface area contributed by atoms with Crippen molar-refractivity contribution in [1.82, 2.24) is 14.8 Å². The van der Waals surface area contributed by atoms with Crippen LogP contribution in [-0.2, 0) is 9.59 Å². The van der Waals surface area contributed by atoms with Crippen molar-refractivity contribution in [3.8, 4) is 5.75 Å². The number of pyridine rings is 1. The average molecular weight is 438 g/mol. The lowest BCUT2D eigenvalue weighted by atomic mass is 9.96. The summed E-state index contributed by atoms with van der Waals surface area (Å²) in [5.41, 5.74) is 1.28. The van der Waals surface area contributed by atoms with Crippen molar-refractivity contribution in [3.05, 3.63) is 65.5 Å². The summed E-state index contributed by atoms with van der Waals surface area (Å²) in [6, 6.07) is 9.88. The summed E-state index contributed by atoms with van der Waals surface area (Å²) >= 11 is 0. The number of rotatable bonds is 10. The van der Waals surface area contributed by atoms with Crippen LogP contribution >= 0.6 is 0 Å². The third kappa shape index (κ3) is 5.34. The van der Waals surface area contributed by atoms with Gasteiger partial charge in [0.05, 0.1) is 18.2 Å². The second-order valence-corrected chi connectivity index (χ2v) is 8.16. The quantitative estimate of drug-likeness (QED) is 0.265. The lowest BCUT2D eigenvalue weighted by molar-refractivity contribution is -0.139. The molecular weight excluding hydrogens is 406 g/mol. The zero-order valence-corrected chi connectivity index (χ0v) is 19.0. The Hall–Kier alpha value is -3.19. The molecule has 1 aliphatic heterocycles. The van der Waals surface area contributed by atoms with Crippen molar-refractivity contribution in [2.45, 2.75) is 32.2 Å². The molecule has 1 amide bonds. The van der Waals surface area contributed by atoms with Crippen molar-refractivity contribution in [2.24, 2.45) is 0 Å². The normalized spacial score (nSPS) is 17.9. The lowest BCUT2D eigenvalue weighted by Crippen LogP contribution is -2.32. The Kier molecular flexibility index (Phi) is 8.00. The molecule has 1 N–H and O–H groups in total. The van der Waals surface area contributed by atoms with Gasteiger partial charge in [-0.15, -0.1) is 0 Å². The number of benzene rings is 1. The van der Waals surface area contributed by atoms with E-state index in [2.05, 4.69) is 11.9 Å². The Morgan fingerprint density at radius 3 is 2.59 bits per heavy atom. The second-order valence-electron chi connectivity index (χ2n) is 8.16. The first-order valence-electron chi connectivity index (χ1n) is 11.0. The molecule has 2 aromatic rings. The van der Waals surface area contributed by atoms with Crippen LogP contribution in [0, 0.1) is 0 Å². The molecule has 0 bridgehead atoms. The van der Waals surface area contributed by atoms with Crippen LogP contribution in [0.25, 0.3) is 5.76 Å². The molecule has 32 heavy (non-hydrogen) atoms. The zero-order chi connectivity index (χ0) is 23.1. The number of ketones is 1. The number of aromatic nitrogens is 1. The minimum atomic E-state index is -0.675. The second kappa shape index (κ2) is 10.9. The fourth-order valence-electron chi connectivity index (χ4n) is 3.78. The van der Waals surface area contributed by atoms with Crippen LogP contribution in [0.4, 0.5) is 0 Å². The first-order valence-corrected chi connectivity index (χ1v) is 11.0. The molecule has 0 spiro atoms. The molecule has 2 heterocycles. The number of hydrogen-bond acceptors (Lipinski definition) is 6. The first-order chi connectivity index (χ1) is 15.4. The third-order valence-electron chi connectivity index (χ3n) is 5.44. The Balaban J connectivity index is 2.00. The number of Topliss-reactive ketones (excluding diaryl/α,β-unsaturated/α-hetero) is 1. The van der Waals surface area contributed by atoms with Gasteiger partial charge in [-0.3, -0.25) is 14.6 Å². The maximum atomic E-state index is 13.0. The molecule has 1 aromatic carbocycles. The van der Waals surface area contributed by atoms with Crippen molar-refractivity contribution in [2.75, 3.05) is 33.8 Å². The van der Waals surface area contributed by atoms with E-state index in [1.54, 1.807) is 47.6 Å². The number of ether oxygens (including phenoxy) is 1. The summed E-state index contributed by atoms with van der Waals surface area (Å²) in [7, 11) is 3.92. The Morgan fingerprint density at radius 1 is 1.16 bits per heavy atom. The maximum Gasteiger partial charge on any atom is 0.295 e. The van der Waals surface area contributed by atoms with E-state index in [1.165, 1.54) is 0 Å². The average Bonchev–Trinajstić information content (AvgIpc) is 3.04. The predicted octanol–water partition coefficient (Wildman–Crippen LogP) is 3.63. The molecule has 0 radical (unpaired) electrons. The van der Waals surface area contributed by atoms with Gasteiger partial charge < -0.3 is 19.6 Å². The van der Waals surface area contributed by atoms with Crippen molar-refractivity contribution < 1.29 is 19.4 Å². The van der Waals surface area contributed by atoms with E-state index in [1.807, 2.05) is 25.1 Å². The SMILES string of the molecule is CCCCOc1cccc(C(O)=C2C(=O)C(=O)N(CCCN(C)C)C2c2ccncc2)c1. The molecule has 1 aliphatic rings. The lowest BCUT2D eigenvalue weighted by Gasteiger charge is -2.25. The monoisotopic (exact) mass is 437 g/mol. The number of hydrogen-bond donors (Lipinski definition) is 1. The van der Waals surface area contributed by atoms with Gasteiger partial charge in [-0.2, -0.15) is 0 Å². The van der Waals surface area contributed by atoms with E-state index in [9.17, 15) is 14.7 Å². The highest BCUT2D eigenvalue weighted by molar-refractivity contribution is 6.46. The van der Waals surface area contributed by atoms with Gasteiger partial charge in [-0.25, -0.2) is 0 Å². The van der Waals surface area contributed by atoms with E-state index in [0.717, 1.165) is 24.9 Å². The van der Waals surface area contributed by atoms with Gasteiger partial charge in [0, 0.05) is 24.5 Å². The molecule has 7 heteroatoms. The number of likely N-dealkylation sites (tertiary alicyclic amines) is 1. The number of unbranched alkanes of at least 4 members (excludes halogenated alkanes) is 1. The molecular formula is C25H31N3O4. The topological polar surface area (TPSA) is 83.0 Å². The van der Waals surface area contributed by atoms with Gasteiger partial charge in [-0.1, -0.05) is 25.5 Å². The minimum Gasteiger partial charge on any atom is -0.507 e. The standard InChI is InChI=1S/C25H31N3O4/c1-4-5-16-32-20-9-6-8-19(17-20)23(29)21-22(18-10-12-26-13-11-18)28(25(31)24(21)30)15-7-14-27(2)3/h6,8-13,17,22,29H,4-5,7,14-16H2,1-3H3. The number of nitrogens with zero attached hydrogens (tertiary/aromatic N) is 3. The highest BCUT2D eigenvalue weighted by atomic mass is 16.5. The summed E-state index contributed by atoms with van der Waals surface area (Å²) in [5, 5.41) is 11.2. The number of carbonyl (C=O) groups is 2. The third-order valence-corrected chi connectivity index (χ3v) is 5.44. The zero-order valence-electron chi connectivity index (χ0n) is 19.0. The van der Waals surface area contributed by atoms with Crippen molar-refractivity contribution in [1.29, 1.82) is 0 Å². The van der Waals surface area contributed by atoms with E-state index in [4.69, 9.17) is 4.74 Å². The molecule has 0 aliphatic carbocycles. The van der Waals surface area contributed by atoms with Gasteiger partial charge in [-0.05, 0) is 63.3 Å². The molecule has 3 rings (SSSR count). The Bertz CT molecular complexity index is 972. The van der Waals surface area contributed by atoms with Crippen LogP contribution in [0.2, 0.25) is 0 Å². The summed E-state index contributed by atoms with van der Waals surface area (Å²) in [4.78, 5) is 33.6.